The van der Waals surface area contributed by atoms with Crippen LogP contribution in [0.5, 0.6) is 23.0 Å². The molecule has 0 radical (unpaired) electrons. The Balaban J connectivity index is 1.65. The van der Waals surface area contributed by atoms with Crippen molar-refractivity contribution in [1.29, 1.82) is 0 Å². The minimum atomic E-state index is -0.488. The summed E-state index contributed by atoms with van der Waals surface area (Å²) < 4.78 is 17.6. The monoisotopic (exact) mass is 402 g/mol. The van der Waals surface area contributed by atoms with Gasteiger partial charge in [0.15, 0.2) is 11.5 Å². The van der Waals surface area contributed by atoms with Crippen molar-refractivity contribution in [3.05, 3.63) is 83.4 Å². The van der Waals surface area contributed by atoms with Crippen LogP contribution in [0.2, 0.25) is 0 Å². The molecule has 0 saturated heterocycles. The highest BCUT2D eigenvalue weighted by Gasteiger charge is 2.42. The lowest BCUT2D eigenvalue weighted by Crippen LogP contribution is -2.34. The Morgan fingerprint density at radius 3 is 2.50 bits per heavy atom. The summed E-state index contributed by atoms with van der Waals surface area (Å²) in [4.78, 5) is 0. The van der Waals surface area contributed by atoms with Crippen LogP contribution in [-0.4, -0.2) is 30.0 Å². The van der Waals surface area contributed by atoms with Gasteiger partial charge >= 0.3 is 0 Å². The predicted molar refractivity (Wildman–Crippen MR) is 113 cm³/mol. The first-order chi connectivity index (χ1) is 14.7. The van der Waals surface area contributed by atoms with E-state index in [2.05, 4.69) is 6.07 Å². The number of hydrazone groups is 1. The smallest absolute Gasteiger partial charge is 0.217 e. The minimum absolute atomic E-state index is 0.00883. The predicted octanol–water partition coefficient (Wildman–Crippen LogP) is 4.65. The van der Waals surface area contributed by atoms with E-state index in [0.717, 1.165) is 28.2 Å². The fourth-order valence-electron chi connectivity index (χ4n) is 4.23. The molecule has 3 aromatic carbocycles. The quantitative estimate of drug-likeness (QED) is 0.688. The molecule has 0 bridgehead atoms. The van der Waals surface area contributed by atoms with E-state index in [1.165, 1.54) is 0 Å². The fourth-order valence-corrected chi connectivity index (χ4v) is 4.23. The molecule has 30 heavy (non-hydrogen) atoms. The molecule has 2 heterocycles. The molecule has 0 aromatic heterocycles. The molecule has 152 valence electrons. The Hall–Kier alpha value is -3.67. The van der Waals surface area contributed by atoms with Gasteiger partial charge in [0.05, 0.1) is 31.5 Å². The molecule has 0 amide bonds. The fraction of sp³-hybridized carbons (Fsp3) is 0.208. The number of hydrogen-bond acceptors (Lipinski definition) is 6. The zero-order valence-electron chi connectivity index (χ0n) is 16.8. The number of methoxy groups -OCH3 is 2. The van der Waals surface area contributed by atoms with Crippen LogP contribution in [0.3, 0.4) is 0 Å². The van der Waals surface area contributed by atoms with E-state index in [1.54, 1.807) is 20.3 Å². The van der Waals surface area contributed by atoms with Gasteiger partial charge < -0.3 is 19.3 Å². The number of nitrogens with zero attached hydrogens (tertiary/aromatic N) is 2. The summed E-state index contributed by atoms with van der Waals surface area (Å²) in [5.74, 6) is 2.30. The van der Waals surface area contributed by atoms with E-state index in [4.69, 9.17) is 19.3 Å². The van der Waals surface area contributed by atoms with Crippen molar-refractivity contribution < 1.29 is 19.3 Å². The standard InChI is InChI=1S/C24H22N2O4/c1-28-22-13-7-10-17(23(22)29-2)24-26-19(16-9-4-6-12-21(16)30-24)14-18(25-26)15-8-3-5-11-20(15)27/h3-13,19,24,27H,14H2,1-2H3. The molecule has 0 spiro atoms. The maximum absolute atomic E-state index is 10.4. The van der Waals surface area contributed by atoms with Crippen LogP contribution >= 0.6 is 0 Å². The maximum Gasteiger partial charge on any atom is 0.217 e. The summed E-state index contributed by atoms with van der Waals surface area (Å²) in [6.45, 7) is 0. The first-order valence-corrected chi connectivity index (χ1v) is 9.82. The van der Waals surface area contributed by atoms with E-state index < -0.39 is 6.23 Å². The van der Waals surface area contributed by atoms with Crippen LogP contribution in [-0.2, 0) is 0 Å². The molecule has 0 aliphatic carbocycles. The van der Waals surface area contributed by atoms with Crippen molar-refractivity contribution in [2.75, 3.05) is 14.2 Å². The topological polar surface area (TPSA) is 63.5 Å². The lowest BCUT2D eigenvalue weighted by molar-refractivity contribution is -0.0205. The summed E-state index contributed by atoms with van der Waals surface area (Å²) in [5, 5.41) is 17.2. The van der Waals surface area contributed by atoms with Crippen LogP contribution in [0, 0.1) is 0 Å². The van der Waals surface area contributed by atoms with Crippen molar-refractivity contribution in [3.63, 3.8) is 0 Å². The molecule has 2 aliphatic heterocycles. The lowest BCUT2D eigenvalue weighted by atomic mass is 9.95. The number of fused-ring (bicyclic) bond motifs is 3. The van der Waals surface area contributed by atoms with Crippen molar-refractivity contribution in [3.8, 4) is 23.0 Å². The summed E-state index contributed by atoms with van der Waals surface area (Å²) in [5.41, 5.74) is 3.47. The summed E-state index contributed by atoms with van der Waals surface area (Å²) in [6, 6.07) is 21.0. The Kier molecular flexibility index (Phi) is 4.47. The van der Waals surface area contributed by atoms with Crippen molar-refractivity contribution >= 4 is 5.71 Å². The highest BCUT2D eigenvalue weighted by molar-refractivity contribution is 6.04. The number of hydrogen-bond donors (Lipinski definition) is 1. The van der Waals surface area contributed by atoms with E-state index in [-0.39, 0.29) is 11.8 Å². The van der Waals surface area contributed by atoms with Gasteiger partial charge in [-0.1, -0.05) is 36.4 Å². The third kappa shape index (κ3) is 2.84. The molecule has 2 atom stereocenters. The molecule has 2 aliphatic rings. The number of aromatic hydroxyl groups is 1. The Labute approximate surface area is 174 Å². The molecule has 2 unspecified atom stereocenters. The normalized spacial score (nSPS) is 19.4. The third-order valence-electron chi connectivity index (χ3n) is 5.61. The summed E-state index contributed by atoms with van der Waals surface area (Å²) >= 11 is 0. The van der Waals surface area contributed by atoms with E-state index >= 15 is 0 Å². The molecule has 5 rings (SSSR count). The zero-order chi connectivity index (χ0) is 20.7. The van der Waals surface area contributed by atoms with Gasteiger partial charge in [-0.15, -0.1) is 0 Å². The van der Waals surface area contributed by atoms with Gasteiger partial charge in [-0.05, 0) is 30.3 Å². The average molecular weight is 402 g/mol. The first kappa shape index (κ1) is 18.4. The van der Waals surface area contributed by atoms with Crippen LogP contribution < -0.4 is 14.2 Å². The first-order valence-electron chi connectivity index (χ1n) is 9.82. The third-order valence-corrected chi connectivity index (χ3v) is 5.61. The molecule has 0 fully saturated rings. The van der Waals surface area contributed by atoms with Gasteiger partial charge in [0.2, 0.25) is 6.23 Å². The lowest BCUT2D eigenvalue weighted by Gasteiger charge is -2.38. The Morgan fingerprint density at radius 1 is 0.933 bits per heavy atom. The Morgan fingerprint density at radius 2 is 1.70 bits per heavy atom. The largest absolute Gasteiger partial charge is 0.507 e. The van der Waals surface area contributed by atoms with Crippen molar-refractivity contribution in [2.24, 2.45) is 5.10 Å². The molecule has 3 aromatic rings. The molecule has 1 N–H and O–H groups in total. The zero-order valence-corrected chi connectivity index (χ0v) is 16.8. The van der Waals surface area contributed by atoms with Gasteiger partial charge in [-0.2, -0.15) is 5.10 Å². The van der Waals surface area contributed by atoms with Crippen LogP contribution in [0.4, 0.5) is 0 Å². The van der Waals surface area contributed by atoms with E-state index in [0.29, 0.717) is 17.9 Å². The average Bonchev–Trinajstić information content (AvgIpc) is 3.23. The van der Waals surface area contributed by atoms with Gasteiger partial charge in [0.1, 0.15) is 11.5 Å². The van der Waals surface area contributed by atoms with Crippen LogP contribution in [0.25, 0.3) is 0 Å². The number of para-hydroxylation sites is 3. The second-order valence-corrected chi connectivity index (χ2v) is 7.25. The second-order valence-electron chi connectivity index (χ2n) is 7.25. The number of phenolic OH excluding ortho intramolecular Hbond substituents is 1. The van der Waals surface area contributed by atoms with Gasteiger partial charge in [0.25, 0.3) is 0 Å². The van der Waals surface area contributed by atoms with Gasteiger partial charge in [-0.3, -0.25) is 0 Å². The SMILES string of the molecule is COc1cccc(C2Oc3ccccc3C3CC(c4ccccc4O)=NN32)c1OC. The number of phenols is 1. The van der Waals surface area contributed by atoms with Crippen LogP contribution in [0.15, 0.2) is 71.8 Å². The van der Waals surface area contributed by atoms with Crippen molar-refractivity contribution in [2.45, 2.75) is 18.7 Å². The van der Waals surface area contributed by atoms with E-state index in [9.17, 15) is 5.11 Å². The molecule has 6 nitrogen and oxygen atoms in total. The molecular weight excluding hydrogens is 380 g/mol. The summed E-state index contributed by atoms with van der Waals surface area (Å²) in [7, 11) is 3.24. The number of rotatable bonds is 4. The maximum atomic E-state index is 10.4. The van der Waals surface area contributed by atoms with E-state index in [1.807, 2.05) is 59.6 Å². The summed E-state index contributed by atoms with van der Waals surface area (Å²) in [6.07, 6.45) is 0.180. The molecule has 6 heteroatoms. The van der Waals surface area contributed by atoms with Gasteiger partial charge in [-0.25, -0.2) is 5.01 Å². The highest BCUT2D eigenvalue weighted by Crippen LogP contribution is 2.50. The van der Waals surface area contributed by atoms with Gasteiger partial charge in [0, 0.05) is 17.5 Å². The molecular formula is C24H22N2O4. The van der Waals surface area contributed by atoms with Crippen LogP contribution in [0.1, 0.15) is 35.4 Å². The van der Waals surface area contributed by atoms with Crippen molar-refractivity contribution in [1.82, 2.24) is 5.01 Å². The molecule has 0 saturated carbocycles. The number of ether oxygens (including phenoxy) is 3. The minimum Gasteiger partial charge on any atom is -0.507 e. The second kappa shape index (κ2) is 7.30. The highest BCUT2D eigenvalue weighted by atomic mass is 16.5. The number of benzene rings is 3. The Bertz CT molecular complexity index is 1130.